The second kappa shape index (κ2) is 7.93. The molecule has 3 heterocycles. The molecule has 0 radical (unpaired) electrons. The molecule has 1 N–H and O–H groups in total. The van der Waals surface area contributed by atoms with E-state index in [2.05, 4.69) is 24.3 Å². The van der Waals surface area contributed by atoms with E-state index in [9.17, 15) is 14.4 Å². The molecule has 28 heavy (non-hydrogen) atoms. The number of amides is 3. The molecule has 2 saturated heterocycles. The van der Waals surface area contributed by atoms with Crippen LogP contribution in [0.1, 0.15) is 50.6 Å². The highest BCUT2D eigenvalue weighted by Gasteiger charge is 2.47. The molecule has 3 unspecified atom stereocenters. The van der Waals surface area contributed by atoms with Gasteiger partial charge in [-0.25, -0.2) is 0 Å². The van der Waals surface area contributed by atoms with Crippen LogP contribution in [0.2, 0.25) is 0 Å². The zero-order valence-corrected chi connectivity index (χ0v) is 17.3. The molecule has 0 aromatic carbocycles. The number of aryl methyl sites for hydroxylation is 2. The molecule has 1 aromatic heterocycles. The third kappa shape index (κ3) is 4.05. The summed E-state index contributed by atoms with van der Waals surface area (Å²) in [5.41, 5.74) is 1.51. The third-order valence-electron chi connectivity index (χ3n) is 5.70. The van der Waals surface area contributed by atoms with Crippen LogP contribution < -0.4 is 5.32 Å². The average molecular weight is 390 g/mol. The van der Waals surface area contributed by atoms with Crippen LogP contribution in [0, 0.1) is 19.8 Å². The summed E-state index contributed by atoms with van der Waals surface area (Å²) in [6, 6.07) is -0.564. The van der Waals surface area contributed by atoms with Gasteiger partial charge in [0.1, 0.15) is 11.8 Å². The second-order valence-corrected chi connectivity index (χ2v) is 8.45. The molecule has 2 fully saturated rings. The Bertz CT molecular complexity index is 753. The van der Waals surface area contributed by atoms with Crippen molar-refractivity contribution >= 4 is 17.7 Å². The fraction of sp³-hybridized carbons (Fsp3) is 0.700. The highest BCUT2D eigenvalue weighted by molar-refractivity contribution is 5.90. The maximum absolute atomic E-state index is 13.2. The number of carbonyl (C=O) groups excluding carboxylic acids is 3. The molecule has 3 amide bonds. The molecule has 154 valence electrons. The van der Waals surface area contributed by atoms with E-state index < -0.39 is 6.04 Å². The van der Waals surface area contributed by atoms with Gasteiger partial charge < -0.3 is 19.6 Å². The monoisotopic (exact) mass is 390 g/mol. The Balaban J connectivity index is 1.81. The van der Waals surface area contributed by atoms with Gasteiger partial charge in [0, 0.05) is 31.6 Å². The Labute approximate surface area is 165 Å². The zero-order valence-electron chi connectivity index (χ0n) is 17.3. The number of carbonyl (C=O) groups is 3. The lowest BCUT2D eigenvalue weighted by molar-refractivity contribution is -0.154. The van der Waals surface area contributed by atoms with Crippen LogP contribution in [-0.2, 0) is 20.8 Å². The number of rotatable bonds is 5. The molecule has 0 spiro atoms. The summed E-state index contributed by atoms with van der Waals surface area (Å²) in [5, 5.41) is 6.84. The first-order valence-corrected chi connectivity index (χ1v) is 9.96. The molecule has 8 nitrogen and oxygen atoms in total. The highest BCUT2D eigenvalue weighted by atomic mass is 16.5. The lowest BCUT2D eigenvalue weighted by atomic mass is 9.96. The minimum absolute atomic E-state index is 0.00934. The number of fused-ring (bicyclic) bond motifs is 1. The fourth-order valence-electron chi connectivity index (χ4n) is 4.39. The van der Waals surface area contributed by atoms with Gasteiger partial charge in [-0.1, -0.05) is 19.0 Å². The van der Waals surface area contributed by atoms with Crippen molar-refractivity contribution in [3.63, 3.8) is 0 Å². The molecule has 3 atom stereocenters. The summed E-state index contributed by atoms with van der Waals surface area (Å²) in [6.07, 6.45) is 1.49. The van der Waals surface area contributed by atoms with Gasteiger partial charge in [0.2, 0.25) is 17.7 Å². The van der Waals surface area contributed by atoms with Gasteiger partial charge in [-0.2, -0.15) is 0 Å². The van der Waals surface area contributed by atoms with Crippen LogP contribution in [0.3, 0.4) is 0 Å². The first-order chi connectivity index (χ1) is 13.2. The van der Waals surface area contributed by atoms with Gasteiger partial charge in [-0.3, -0.25) is 14.4 Å². The van der Waals surface area contributed by atoms with Crippen LogP contribution in [-0.4, -0.2) is 63.9 Å². The van der Waals surface area contributed by atoms with Crippen molar-refractivity contribution in [1.29, 1.82) is 0 Å². The topological polar surface area (TPSA) is 95.7 Å². The molecule has 0 aliphatic carbocycles. The summed E-state index contributed by atoms with van der Waals surface area (Å²) >= 11 is 0. The second-order valence-electron chi connectivity index (χ2n) is 8.45. The van der Waals surface area contributed by atoms with E-state index >= 15 is 0 Å². The van der Waals surface area contributed by atoms with Gasteiger partial charge in [-0.15, -0.1) is 0 Å². The van der Waals surface area contributed by atoms with Crippen molar-refractivity contribution in [3.8, 4) is 0 Å². The Morgan fingerprint density at radius 2 is 2.00 bits per heavy atom. The van der Waals surface area contributed by atoms with Crippen molar-refractivity contribution in [3.05, 3.63) is 17.0 Å². The van der Waals surface area contributed by atoms with E-state index in [1.807, 2.05) is 11.8 Å². The summed E-state index contributed by atoms with van der Waals surface area (Å²) < 4.78 is 5.18. The maximum Gasteiger partial charge on any atom is 0.245 e. The molecule has 2 aliphatic heterocycles. The van der Waals surface area contributed by atoms with Gasteiger partial charge in [0.05, 0.1) is 18.2 Å². The van der Waals surface area contributed by atoms with Crippen LogP contribution in [0.4, 0.5) is 0 Å². The van der Waals surface area contributed by atoms with E-state index in [4.69, 9.17) is 4.52 Å². The number of nitrogens with zero attached hydrogens (tertiary/aromatic N) is 3. The molecule has 3 rings (SSSR count). The number of piperazine rings is 1. The Kier molecular flexibility index (Phi) is 5.76. The van der Waals surface area contributed by atoms with E-state index in [-0.39, 0.29) is 42.1 Å². The number of hydrogen-bond acceptors (Lipinski definition) is 5. The van der Waals surface area contributed by atoms with E-state index in [0.717, 1.165) is 5.56 Å². The van der Waals surface area contributed by atoms with Crippen molar-refractivity contribution in [2.24, 2.45) is 5.92 Å². The Hall–Kier alpha value is -2.38. The van der Waals surface area contributed by atoms with Crippen molar-refractivity contribution < 1.29 is 18.9 Å². The molecule has 0 bridgehead atoms. The largest absolute Gasteiger partial charge is 0.361 e. The zero-order chi connectivity index (χ0) is 20.6. The quantitative estimate of drug-likeness (QED) is 0.815. The minimum Gasteiger partial charge on any atom is -0.361 e. The third-order valence-corrected chi connectivity index (χ3v) is 5.70. The lowest BCUT2D eigenvalue weighted by Crippen LogP contribution is -2.61. The smallest absolute Gasteiger partial charge is 0.245 e. The van der Waals surface area contributed by atoms with Gasteiger partial charge in [-0.05, 0) is 32.6 Å². The SMILES string of the molecule is CC(=O)NC1CC2CN(C(=O)Cc3c(C)noc3C)C(CC(C)C)C(=O)N2C1. The van der Waals surface area contributed by atoms with Crippen molar-refractivity contribution in [2.75, 3.05) is 13.1 Å². The van der Waals surface area contributed by atoms with Crippen molar-refractivity contribution in [2.45, 2.75) is 72.0 Å². The Morgan fingerprint density at radius 3 is 2.57 bits per heavy atom. The average Bonchev–Trinajstić information content (AvgIpc) is 3.14. The summed E-state index contributed by atoms with van der Waals surface area (Å²) in [4.78, 5) is 41.4. The van der Waals surface area contributed by atoms with E-state index in [1.165, 1.54) is 6.92 Å². The first-order valence-electron chi connectivity index (χ1n) is 9.96. The van der Waals surface area contributed by atoms with Crippen LogP contribution in [0.15, 0.2) is 4.52 Å². The number of hydrogen-bond donors (Lipinski definition) is 1. The van der Waals surface area contributed by atoms with Crippen LogP contribution in [0.25, 0.3) is 0 Å². The number of nitrogens with one attached hydrogen (secondary N) is 1. The van der Waals surface area contributed by atoms with Gasteiger partial charge >= 0.3 is 0 Å². The van der Waals surface area contributed by atoms with Gasteiger partial charge in [0.15, 0.2) is 0 Å². The fourth-order valence-corrected chi connectivity index (χ4v) is 4.39. The molecule has 2 aliphatic rings. The Morgan fingerprint density at radius 1 is 1.29 bits per heavy atom. The van der Waals surface area contributed by atoms with E-state index in [1.54, 1.807) is 11.8 Å². The van der Waals surface area contributed by atoms with E-state index in [0.29, 0.717) is 37.4 Å². The maximum atomic E-state index is 13.2. The molecule has 0 saturated carbocycles. The predicted molar refractivity (Wildman–Crippen MR) is 102 cm³/mol. The molecular formula is C20H30N4O4. The summed E-state index contributed by atoms with van der Waals surface area (Å²) in [6.45, 7) is 10.2. The summed E-state index contributed by atoms with van der Waals surface area (Å²) in [5.74, 6) is 0.750. The number of aromatic nitrogens is 1. The molecular weight excluding hydrogens is 360 g/mol. The standard InChI is InChI=1S/C20H30N4O4/c1-11(2)6-18-20(27)23-9-15(21-14(5)25)7-16(23)10-24(18)19(26)8-17-12(3)22-28-13(17)4/h11,15-16,18H,6-10H2,1-5H3,(H,21,25). The summed E-state index contributed by atoms with van der Waals surface area (Å²) in [7, 11) is 0. The lowest BCUT2D eigenvalue weighted by Gasteiger charge is -2.43. The predicted octanol–water partition coefficient (Wildman–Crippen LogP) is 1.20. The van der Waals surface area contributed by atoms with Crippen molar-refractivity contribution in [1.82, 2.24) is 20.3 Å². The minimum atomic E-state index is -0.458. The van der Waals surface area contributed by atoms with Crippen LogP contribution in [0.5, 0.6) is 0 Å². The molecule has 8 heteroatoms. The molecule has 1 aromatic rings. The van der Waals surface area contributed by atoms with Gasteiger partial charge in [0.25, 0.3) is 0 Å². The highest BCUT2D eigenvalue weighted by Crippen LogP contribution is 2.30. The van der Waals surface area contributed by atoms with Crippen LogP contribution >= 0.6 is 0 Å². The normalized spacial score (nSPS) is 24.6. The first kappa shape index (κ1) is 20.4.